The zero-order chi connectivity index (χ0) is 21.0. The number of carbonyl (C=O) groups excluding carboxylic acids is 1. The largest absolute Gasteiger partial charge is 0.497 e. The fourth-order valence-corrected chi connectivity index (χ4v) is 3.67. The minimum absolute atomic E-state index is 0.00491. The molecular formula is C20H16ClFN2O4S. The summed E-state index contributed by atoms with van der Waals surface area (Å²) in [5.74, 6) is -0.478. The predicted octanol–water partition coefficient (Wildman–Crippen LogP) is 4.54. The first kappa shape index (κ1) is 20.6. The molecule has 0 bridgehead atoms. The summed E-state index contributed by atoms with van der Waals surface area (Å²) in [4.78, 5) is 12.3. The Kier molecular flexibility index (Phi) is 6.05. The van der Waals surface area contributed by atoms with Crippen LogP contribution < -0.4 is 14.8 Å². The molecule has 0 saturated heterocycles. The molecule has 2 N–H and O–H groups in total. The number of nitrogens with one attached hydrogen (secondary N) is 2. The predicted molar refractivity (Wildman–Crippen MR) is 110 cm³/mol. The van der Waals surface area contributed by atoms with Crippen molar-refractivity contribution < 1.29 is 22.3 Å². The molecule has 0 spiro atoms. The van der Waals surface area contributed by atoms with Crippen LogP contribution in [0.15, 0.2) is 71.6 Å². The van der Waals surface area contributed by atoms with E-state index in [4.69, 9.17) is 16.3 Å². The van der Waals surface area contributed by atoms with Crippen molar-refractivity contribution in [3.63, 3.8) is 0 Å². The van der Waals surface area contributed by atoms with Crippen LogP contribution in [-0.4, -0.2) is 21.4 Å². The highest BCUT2D eigenvalue weighted by Crippen LogP contribution is 2.21. The van der Waals surface area contributed by atoms with Gasteiger partial charge in [0.25, 0.3) is 15.9 Å². The van der Waals surface area contributed by atoms with Gasteiger partial charge in [-0.1, -0.05) is 11.6 Å². The summed E-state index contributed by atoms with van der Waals surface area (Å²) in [5.41, 5.74) is 0.925. The summed E-state index contributed by atoms with van der Waals surface area (Å²) in [6, 6.07) is 15.6. The second kappa shape index (κ2) is 8.50. The van der Waals surface area contributed by atoms with E-state index in [1.807, 2.05) is 0 Å². The Balaban J connectivity index is 1.72. The molecule has 29 heavy (non-hydrogen) atoms. The average molecular weight is 435 g/mol. The zero-order valence-corrected chi connectivity index (χ0v) is 16.7. The van der Waals surface area contributed by atoms with Crippen LogP contribution in [0.1, 0.15) is 10.4 Å². The van der Waals surface area contributed by atoms with Gasteiger partial charge in [-0.2, -0.15) is 0 Å². The second-order valence-corrected chi connectivity index (χ2v) is 8.03. The molecule has 0 aliphatic heterocycles. The Labute approximate surface area is 172 Å². The molecule has 3 aromatic carbocycles. The van der Waals surface area contributed by atoms with Gasteiger partial charge in [0, 0.05) is 16.9 Å². The van der Waals surface area contributed by atoms with Gasteiger partial charge in [-0.25, -0.2) is 12.8 Å². The minimum Gasteiger partial charge on any atom is -0.497 e. The number of carbonyl (C=O) groups is 1. The van der Waals surface area contributed by atoms with E-state index in [1.165, 1.54) is 43.5 Å². The first-order valence-electron chi connectivity index (χ1n) is 8.32. The van der Waals surface area contributed by atoms with Crippen molar-refractivity contribution in [1.29, 1.82) is 0 Å². The number of hydrogen-bond donors (Lipinski definition) is 2. The Bertz CT molecular complexity index is 1130. The molecule has 0 unspecified atom stereocenters. The number of sulfonamides is 1. The van der Waals surface area contributed by atoms with Crippen LogP contribution in [0.25, 0.3) is 0 Å². The lowest BCUT2D eigenvalue weighted by Crippen LogP contribution is -2.15. The third kappa shape index (κ3) is 5.04. The van der Waals surface area contributed by atoms with Crippen molar-refractivity contribution in [2.24, 2.45) is 0 Å². The molecule has 0 heterocycles. The smallest absolute Gasteiger partial charge is 0.261 e. The van der Waals surface area contributed by atoms with Crippen LogP contribution in [0.2, 0.25) is 5.02 Å². The van der Waals surface area contributed by atoms with Crippen LogP contribution in [0.4, 0.5) is 15.8 Å². The molecule has 150 valence electrons. The van der Waals surface area contributed by atoms with Crippen molar-refractivity contribution >= 4 is 38.9 Å². The molecule has 9 heteroatoms. The number of methoxy groups -OCH3 is 1. The number of amides is 1. The van der Waals surface area contributed by atoms with E-state index in [-0.39, 0.29) is 15.5 Å². The third-order valence-electron chi connectivity index (χ3n) is 3.95. The Hall–Kier alpha value is -3.10. The SMILES string of the molecule is COc1ccc(NS(=O)(=O)c2ccc(C(=O)Nc3ccc(F)c(Cl)c3)cc2)cc1. The Morgan fingerprint density at radius 3 is 2.17 bits per heavy atom. The van der Waals surface area contributed by atoms with Gasteiger partial charge in [0.1, 0.15) is 11.6 Å². The molecule has 0 fully saturated rings. The lowest BCUT2D eigenvalue weighted by atomic mass is 10.2. The highest BCUT2D eigenvalue weighted by Gasteiger charge is 2.16. The van der Waals surface area contributed by atoms with E-state index in [1.54, 1.807) is 24.3 Å². The maximum absolute atomic E-state index is 13.2. The minimum atomic E-state index is -3.83. The summed E-state index contributed by atoms with van der Waals surface area (Å²) in [7, 11) is -2.31. The van der Waals surface area contributed by atoms with Gasteiger partial charge in [0.05, 0.1) is 17.0 Å². The van der Waals surface area contributed by atoms with Crippen LogP contribution in [0.3, 0.4) is 0 Å². The molecule has 0 aliphatic rings. The number of halogens is 2. The molecule has 0 aliphatic carbocycles. The standard InChI is InChI=1S/C20H16ClFN2O4S/c1-28-16-7-4-14(5-8-16)24-29(26,27)17-9-2-13(3-10-17)20(25)23-15-6-11-19(22)18(21)12-15/h2-12,24H,1H3,(H,23,25). The van der Waals surface area contributed by atoms with Crippen molar-refractivity contribution in [3.8, 4) is 5.75 Å². The zero-order valence-electron chi connectivity index (χ0n) is 15.1. The summed E-state index contributed by atoms with van der Waals surface area (Å²) in [6.07, 6.45) is 0. The Morgan fingerprint density at radius 2 is 1.59 bits per heavy atom. The molecule has 3 rings (SSSR count). The molecule has 1 amide bonds. The topological polar surface area (TPSA) is 84.5 Å². The number of rotatable bonds is 6. The van der Waals surface area contributed by atoms with E-state index in [2.05, 4.69) is 10.0 Å². The maximum atomic E-state index is 13.2. The van der Waals surface area contributed by atoms with Crippen molar-refractivity contribution in [1.82, 2.24) is 0 Å². The molecule has 6 nitrogen and oxygen atoms in total. The van der Waals surface area contributed by atoms with Crippen LogP contribution in [0, 0.1) is 5.82 Å². The van der Waals surface area contributed by atoms with Crippen LogP contribution >= 0.6 is 11.6 Å². The first-order valence-corrected chi connectivity index (χ1v) is 10.2. The number of hydrogen-bond acceptors (Lipinski definition) is 4. The number of benzene rings is 3. The van der Waals surface area contributed by atoms with Gasteiger partial charge in [-0.05, 0) is 66.7 Å². The highest BCUT2D eigenvalue weighted by molar-refractivity contribution is 7.92. The van der Waals surface area contributed by atoms with Gasteiger partial charge in [-0.3, -0.25) is 9.52 Å². The number of anilines is 2. The summed E-state index contributed by atoms with van der Waals surface area (Å²) >= 11 is 5.69. The van der Waals surface area contributed by atoms with Crippen molar-refractivity contribution in [2.45, 2.75) is 4.90 Å². The first-order chi connectivity index (χ1) is 13.8. The molecule has 0 aromatic heterocycles. The lowest BCUT2D eigenvalue weighted by Gasteiger charge is -2.10. The van der Waals surface area contributed by atoms with Crippen LogP contribution in [-0.2, 0) is 10.0 Å². The van der Waals surface area contributed by atoms with Gasteiger partial charge in [-0.15, -0.1) is 0 Å². The van der Waals surface area contributed by atoms with Gasteiger partial charge in [0.2, 0.25) is 0 Å². The fourth-order valence-electron chi connectivity index (χ4n) is 2.44. The third-order valence-corrected chi connectivity index (χ3v) is 5.63. The lowest BCUT2D eigenvalue weighted by molar-refractivity contribution is 0.102. The van der Waals surface area contributed by atoms with E-state index < -0.39 is 21.7 Å². The van der Waals surface area contributed by atoms with Crippen molar-refractivity contribution in [3.05, 3.63) is 83.1 Å². The van der Waals surface area contributed by atoms with Gasteiger partial charge < -0.3 is 10.1 Å². The monoisotopic (exact) mass is 434 g/mol. The summed E-state index contributed by atoms with van der Waals surface area (Å²) < 4.78 is 45.7. The van der Waals surface area contributed by atoms with E-state index >= 15 is 0 Å². The molecular weight excluding hydrogens is 419 g/mol. The van der Waals surface area contributed by atoms with Crippen LogP contribution in [0.5, 0.6) is 5.75 Å². The van der Waals surface area contributed by atoms with E-state index in [0.717, 1.165) is 6.07 Å². The quantitative estimate of drug-likeness (QED) is 0.596. The maximum Gasteiger partial charge on any atom is 0.261 e. The second-order valence-electron chi connectivity index (χ2n) is 5.94. The molecule has 0 radical (unpaired) electrons. The van der Waals surface area contributed by atoms with Crippen molar-refractivity contribution in [2.75, 3.05) is 17.1 Å². The summed E-state index contributed by atoms with van der Waals surface area (Å²) in [6.45, 7) is 0. The van der Waals surface area contributed by atoms with Gasteiger partial charge in [0.15, 0.2) is 0 Å². The van der Waals surface area contributed by atoms with E-state index in [9.17, 15) is 17.6 Å². The summed E-state index contributed by atoms with van der Waals surface area (Å²) in [5, 5.41) is 2.45. The van der Waals surface area contributed by atoms with E-state index in [0.29, 0.717) is 17.1 Å². The normalized spacial score (nSPS) is 11.0. The molecule has 0 saturated carbocycles. The highest BCUT2D eigenvalue weighted by atomic mass is 35.5. The average Bonchev–Trinajstić information content (AvgIpc) is 2.71. The Morgan fingerprint density at radius 1 is 0.966 bits per heavy atom. The van der Waals surface area contributed by atoms with Gasteiger partial charge >= 0.3 is 0 Å². The number of ether oxygens (including phenoxy) is 1. The molecule has 0 atom stereocenters. The molecule has 3 aromatic rings. The fraction of sp³-hybridized carbons (Fsp3) is 0.0500.